The van der Waals surface area contributed by atoms with Crippen LogP contribution in [0.25, 0.3) is 33.7 Å². The summed E-state index contributed by atoms with van der Waals surface area (Å²) in [7, 11) is 0. The number of amides is 1. The van der Waals surface area contributed by atoms with Crippen LogP contribution in [0.15, 0.2) is 52.9 Å². The van der Waals surface area contributed by atoms with Crippen LogP contribution < -0.4 is 10.8 Å². The maximum atomic E-state index is 11.1. The van der Waals surface area contributed by atoms with E-state index in [1.165, 1.54) is 0 Å². The van der Waals surface area contributed by atoms with Crippen LogP contribution in [0.4, 0.5) is 5.82 Å². The molecule has 0 spiro atoms. The molecule has 0 saturated heterocycles. The summed E-state index contributed by atoms with van der Waals surface area (Å²) in [5.41, 5.74) is 5.03. The van der Waals surface area contributed by atoms with Gasteiger partial charge in [-0.3, -0.25) is 10.0 Å². The van der Waals surface area contributed by atoms with E-state index in [2.05, 4.69) is 20.3 Å². The standard InChI is InChI=1S/C19H17N5O3/c25-16(24-26)10-5-11-20-18-17(21-12-6-1-2-7-13(12)22-18)19-23-14-8-3-4-9-15(14)27-19/h1-4,6-9,26H,5,10-11H2,(H,20,22)(H,24,25). The van der Waals surface area contributed by atoms with E-state index in [4.69, 9.17) is 9.62 Å². The van der Waals surface area contributed by atoms with Crippen molar-refractivity contribution in [3.05, 3.63) is 48.5 Å². The Balaban J connectivity index is 1.69. The summed E-state index contributed by atoms with van der Waals surface area (Å²) < 4.78 is 5.85. The van der Waals surface area contributed by atoms with E-state index in [0.717, 1.165) is 16.6 Å². The fourth-order valence-electron chi connectivity index (χ4n) is 2.76. The van der Waals surface area contributed by atoms with Crippen molar-refractivity contribution in [2.75, 3.05) is 11.9 Å². The molecule has 4 aromatic rings. The molecule has 8 nitrogen and oxygen atoms in total. The van der Waals surface area contributed by atoms with Crippen molar-refractivity contribution in [2.45, 2.75) is 12.8 Å². The van der Waals surface area contributed by atoms with Gasteiger partial charge in [0, 0.05) is 13.0 Å². The summed E-state index contributed by atoms with van der Waals surface area (Å²) in [4.78, 5) is 25.0. The third-order valence-corrected chi connectivity index (χ3v) is 4.06. The number of hydroxylamine groups is 1. The number of hydrogen-bond donors (Lipinski definition) is 3. The van der Waals surface area contributed by atoms with Crippen molar-refractivity contribution >= 4 is 33.9 Å². The third kappa shape index (κ3) is 3.56. The highest BCUT2D eigenvalue weighted by molar-refractivity contribution is 5.83. The molecule has 0 unspecified atom stereocenters. The van der Waals surface area contributed by atoms with Gasteiger partial charge in [0.05, 0.1) is 11.0 Å². The molecule has 2 aromatic carbocycles. The zero-order valence-corrected chi connectivity index (χ0v) is 14.3. The van der Waals surface area contributed by atoms with Crippen LogP contribution in [0.5, 0.6) is 0 Å². The van der Waals surface area contributed by atoms with E-state index in [0.29, 0.717) is 36.0 Å². The quantitative estimate of drug-likeness (QED) is 0.274. The molecule has 0 radical (unpaired) electrons. The first-order chi connectivity index (χ1) is 13.2. The highest BCUT2D eigenvalue weighted by Gasteiger charge is 2.17. The van der Waals surface area contributed by atoms with Gasteiger partial charge in [-0.15, -0.1) is 0 Å². The zero-order valence-electron chi connectivity index (χ0n) is 14.3. The first-order valence-electron chi connectivity index (χ1n) is 8.54. The topological polar surface area (TPSA) is 113 Å². The molecule has 0 atom stereocenters. The van der Waals surface area contributed by atoms with E-state index >= 15 is 0 Å². The average molecular weight is 363 g/mol. The van der Waals surface area contributed by atoms with Gasteiger partial charge >= 0.3 is 0 Å². The molecular formula is C19H17N5O3. The van der Waals surface area contributed by atoms with Gasteiger partial charge in [-0.2, -0.15) is 0 Å². The van der Waals surface area contributed by atoms with Gasteiger partial charge in [-0.1, -0.05) is 24.3 Å². The lowest BCUT2D eigenvalue weighted by Crippen LogP contribution is -2.19. The van der Waals surface area contributed by atoms with Crippen molar-refractivity contribution in [2.24, 2.45) is 0 Å². The third-order valence-electron chi connectivity index (χ3n) is 4.06. The minimum Gasteiger partial charge on any atom is -0.435 e. The normalized spacial score (nSPS) is 11.0. The first-order valence-corrected chi connectivity index (χ1v) is 8.54. The molecule has 4 rings (SSSR count). The van der Waals surface area contributed by atoms with Crippen molar-refractivity contribution in [3.8, 4) is 11.6 Å². The number of aromatic nitrogens is 3. The number of carbonyl (C=O) groups is 1. The Morgan fingerprint density at radius 3 is 2.41 bits per heavy atom. The van der Waals surface area contributed by atoms with Crippen LogP contribution in [0.1, 0.15) is 12.8 Å². The van der Waals surface area contributed by atoms with Crippen molar-refractivity contribution < 1.29 is 14.4 Å². The Kier molecular flexibility index (Phi) is 4.63. The Morgan fingerprint density at radius 2 is 1.67 bits per heavy atom. The monoisotopic (exact) mass is 363 g/mol. The van der Waals surface area contributed by atoms with E-state index in [1.807, 2.05) is 48.5 Å². The molecule has 1 amide bonds. The van der Waals surface area contributed by atoms with Crippen LogP contribution in [0.3, 0.4) is 0 Å². The van der Waals surface area contributed by atoms with Gasteiger partial charge in [-0.05, 0) is 30.7 Å². The highest BCUT2D eigenvalue weighted by atomic mass is 16.5. The van der Waals surface area contributed by atoms with Gasteiger partial charge in [0.2, 0.25) is 11.8 Å². The number of nitrogens with one attached hydrogen (secondary N) is 2. The molecule has 0 fully saturated rings. The Labute approximate surface area is 154 Å². The smallest absolute Gasteiger partial charge is 0.250 e. The highest BCUT2D eigenvalue weighted by Crippen LogP contribution is 2.29. The number of nitrogens with zero attached hydrogens (tertiary/aromatic N) is 3. The Morgan fingerprint density at radius 1 is 0.963 bits per heavy atom. The maximum Gasteiger partial charge on any atom is 0.250 e. The predicted molar refractivity (Wildman–Crippen MR) is 100 cm³/mol. The van der Waals surface area contributed by atoms with E-state index in [1.54, 1.807) is 5.48 Å². The molecule has 0 bridgehead atoms. The maximum absolute atomic E-state index is 11.1. The number of oxazole rings is 1. The lowest BCUT2D eigenvalue weighted by Gasteiger charge is -2.09. The summed E-state index contributed by atoms with van der Waals surface area (Å²) in [6.07, 6.45) is 0.719. The van der Waals surface area contributed by atoms with Crippen molar-refractivity contribution in [1.29, 1.82) is 0 Å². The predicted octanol–water partition coefficient (Wildman–Crippen LogP) is 3.14. The number of fused-ring (bicyclic) bond motifs is 2. The van der Waals surface area contributed by atoms with Gasteiger partial charge in [-0.25, -0.2) is 20.4 Å². The van der Waals surface area contributed by atoms with Crippen LogP contribution in [-0.2, 0) is 4.79 Å². The minimum atomic E-state index is -0.430. The molecule has 2 aromatic heterocycles. The van der Waals surface area contributed by atoms with Crippen molar-refractivity contribution in [1.82, 2.24) is 20.4 Å². The Bertz CT molecular complexity index is 1080. The van der Waals surface area contributed by atoms with Crippen molar-refractivity contribution in [3.63, 3.8) is 0 Å². The van der Waals surface area contributed by atoms with Gasteiger partial charge < -0.3 is 9.73 Å². The number of hydrogen-bond acceptors (Lipinski definition) is 7. The molecule has 27 heavy (non-hydrogen) atoms. The largest absolute Gasteiger partial charge is 0.435 e. The van der Waals surface area contributed by atoms with E-state index in [9.17, 15) is 4.79 Å². The van der Waals surface area contributed by atoms with Gasteiger partial charge in [0.25, 0.3) is 0 Å². The second-order valence-electron chi connectivity index (χ2n) is 5.96. The zero-order chi connectivity index (χ0) is 18.6. The van der Waals surface area contributed by atoms with E-state index < -0.39 is 5.91 Å². The summed E-state index contributed by atoms with van der Waals surface area (Å²) in [6.45, 7) is 0.480. The minimum absolute atomic E-state index is 0.197. The second kappa shape index (κ2) is 7.38. The second-order valence-corrected chi connectivity index (χ2v) is 5.96. The summed E-state index contributed by atoms with van der Waals surface area (Å²) in [5, 5.41) is 11.8. The van der Waals surface area contributed by atoms with Gasteiger partial charge in [0.1, 0.15) is 5.52 Å². The average Bonchev–Trinajstić information content (AvgIpc) is 3.14. The molecule has 0 aliphatic rings. The molecule has 3 N–H and O–H groups in total. The van der Waals surface area contributed by atoms with Crippen LogP contribution in [0.2, 0.25) is 0 Å². The number of anilines is 1. The van der Waals surface area contributed by atoms with Crippen LogP contribution >= 0.6 is 0 Å². The summed E-state index contributed by atoms with van der Waals surface area (Å²) in [5.74, 6) is 0.482. The molecule has 0 saturated carbocycles. The summed E-state index contributed by atoms with van der Waals surface area (Å²) >= 11 is 0. The first kappa shape index (κ1) is 16.9. The SMILES string of the molecule is O=C(CCCNc1nc2ccccc2nc1-c1nc2ccccc2o1)NO. The fourth-order valence-corrected chi connectivity index (χ4v) is 2.76. The van der Waals surface area contributed by atoms with Gasteiger partial charge in [0.15, 0.2) is 17.1 Å². The van der Waals surface area contributed by atoms with E-state index in [-0.39, 0.29) is 6.42 Å². The number of para-hydroxylation sites is 4. The summed E-state index contributed by atoms with van der Waals surface area (Å²) in [6, 6.07) is 15.0. The lowest BCUT2D eigenvalue weighted by atomic mass is 10.2. The molecular weight excluding hydrogens is 346 g/mol. The van der Waals surface area contributed by atoms with Crippen LogP contribution in [0, 0.1) is 0 Å². The Hall–Kier alpha value is -3.52. The molecule has 8 heteroatoms. The number of rotatable bonds is 6. The molecule has 0 aliphatic heterocycles. The number of carbonyl (C=O) groups excluding carboxylic acids is 1. The molecule has 136 valence electrons. The fraction of sp³-hybridized carbons (Fsp3) is 0.158. The number of benzene rings is 2. The molecule has 0 aliphatic carbocycles. The lowest BCUT2D eigenvalue weighted by molar-refractivity contribution is -0.129. The van der Waals surface area contributed by atoms with Crippen LogP contribution in [-0.4, -0.2) is 32.6 Å². The molecule has 2 heterocycles.